The van der Waals surface area contributed by atoms with Crippen LogP contribution in [0.3, 0.4) is 0 Å². The number of nitrogens with zero attached hydrogens (tertiary/aromatic N) is 2. The van der Waals surface area contributed by atoms with E-state index in [0.29, 0.717) is 5.02 Å². The van der Waals surface area contributed by atoms with Crippen LogP contribution in [0.2, 0.25) is 5.02 Å². The zero-order valence-electron chi connectivity index (χ0n) is 10.1. The van der Waals surface area contributed by atoms with Crippen molar-refractivity contribution in [3.63, 3.8) is 0 Å². The van der Waals surface area contributed by atoms with Gasteiger partial charge in [0.2, 0.25) is 0 Å². The summed E-state index contributed by atoms with van der Waals surface area (Å²) in [4.78, 5) is 0. The smallest absolute Gasteiger partial charge is 0.0835 e. The van der Waals surface area contributed by atoms with Crippen LogP contribution in [-0.4, -0.2) is 14.9 Å². The van der Waals surface area contributed by atoms with Crippen molar-refractivity contribution in [1.29, 1.82) is 0 Å². The summed E-state index contributed by atoms with van der Waals surface area (Å²) >= 11 is 6.22. The van der Waals surface area contributed by atoms with Crippen molar-refractivity contribution in [2.75, 3.05) is 0 Å². The molecule has 1 N–H and O–H groups in total. The van der Waals surface area contributed by atoms with Crippen molar-refractivity contribution in [3.8, 4) is 5.69 Å². The number of rotatable bonds is 2. The van der Waals surface area contributed by atoms with Gasteiger partial charge >= 0.3 is 0 Å². The third kappa shape index (κ3) is 2.35. The predicted octanol–water partition coefficient (Wildman–Crippen LogP) is 3.20. The molecular formula is C13H15ClN2O. The average Bonchev–Trinajstić information content (AvgIpc) is 2.57. The molecule has 2 aromatic rings. The van der Waals surface area contributed by atoms with Gasteiger partial charge in [-0.1, -0.05) is 17.7 Å². The zero-order valence-corrected chi connectivity index (χ0v) is 10.9. The minimum Gasteiger partial charge on any atom is -0.389 e. The minimum atomic E-state index is -0.512. The Labute approximate surface area is 106 Å². The first-order valence-electron chi connectivity index (χ1n) is 5.50. The van der Waals surface area contributed by atoms with Gasteiger partial charge in [0.1, 0.15) is 0 Å². The summed E-state index contributed by atoms with van der Waals surface area (Å²) in [5.74, 6) is 0. The molecule has 0 saturated carbocycles. The molecule has 1 atom stereocenters. The molecule has 0 saturated heterocycles. The number of hydrogen-bond donors (Lipinski definition) is 1. The highest BCUT2D eigenvalue weighted by atomic mass is 35.5. The lowest BCUT2D eigenvalue weighted by atomic mass is 10.1. The first kappa shape index (κ1) is 12.1. The van der Waals surface area contributed by atoms with Crippen LogP contribution in [0.25, 0.3) is 5.69 Å². The Morgan fingerprint density at radius 1 is 1.29 bits per heavy atom. The van der Waals surface area contributed by atoms with Gasteiger partial charge in [0.25, 0.3) is 0 Å². The normalized spacial score (nSPS) is 12.8. The molecule has 0 aliphatic carbocycles. The van der Waals surface area contributed by atoms with Crippen LogP contribution in [-0.2, 0) is 0 Å². The Bertz CT molecular complexity index is 546. The number of aryl methyl sites for hydroxylation is 2. The summed E-state index contributed by atoms with van der Waals surface area (Å²) in [5.41, 5.74) is 3.63. The highest BCUT2D eigenvalue weighted by molar-refractivity contribution is 6.32. The molecule has 0 amide bonds. The molecule has 0 aliphatic rings. The second kappa shape index (κ2) is 4.51. The predicted molar refractivity (Wildman–Crippen MR) is 68.7 cm³/mol. The molecule has 1 heterocycles. The Morgan fingerprint density at radius 2 is 2.00 bits per heavy atom. The number of aromatic nitrogens is 2. The molecule has 0 bridgehead atoms. The number of aliphatic hydroxyl groups excluding tert-OH is 1. The Morgan fingerprint density at radius 3 is 2.47 bits per heavy atom. The minimum absolute atomic E-state index is 0.512. The zero-order chi connectivity index (χ0) is 12.6. The van der Waals surface area contributed by atoms with E-state index in [2.05, 4.69) is 5.10 Å². The monoisotopic (exact) mass is 250 g/mol. The number of hydrogen-bond acceptors (Lipinski definition) is 2. The van der Waals surface area contributed by atoms with Crippen molar-refractivity contribution in [2.24, 2.45) is 0 Å². The Hall–Kier alpha value is -1.32. The van der Waals surface area contributed by atoms with E-state index < -0.39 is 6.10 Å². The van der Waals surface area contributed by atoms with E-state index in [9.17, 15) is 5.11 Å². The van der Waals surface area contributed by atoms with Gasteiger partial charge in [-0.25, -0.2) is 4.68 Å². The molecule has 2 rings (SSSR count). The van der Waals surface area contributed by atoms with Gasteiger partial charge in [-0.15, -0.1) is 0 Å². The lowest BCUT2D eigenvalue weighted by molar-refractivity contribution is 0.199. The first-order chi connectivity index (χ1) is 7.99. The maximum atomic E-state index is 9.49. The van der Waals surface area contributed by atoms with Crippen LogP contribution in [0, 0.1) is 13.8 Å². The van der Waals surface area contributed by atoms with Crippen LogP contribution < -0.4 is 0 Å². The molecule has 1 unspecified atom stereocenters. The van der Waals surface area contributed by atoms with Crippen LogP contribution in [0.1, 0.15) is 30.0 Å². The number of benzene rings is 1. The van der Waals surface area contributed by atoms with E-state index in [1.807, 2.05) is 36.7 Å². The molecule has 17 heavy (non-hydrogen) atoms. The average molecular weight is 251 g/mol. The fraction of sp³-hybridized carbons (Fsp3) is 0.308. The van der Waals surface area contributed by atoms with Gasteiger partial charge in [-0.3, -0.25) is 0 Å². The summed E-state index contributed by atoms with van der Waals surface area (Å²) in [6, 6.07) is 7.52. The quantitative estimate of drug-likeness (QED) is 0.889. The van der Waals surface area contributed by atoms with Crippen molar-refractivity contribution in [1.82, 2.24) is 9.78 Å². The number of halogens is 1. The molecule has 1 aromatic carbocycles. The first-order valence-corrected chi connectivity index (χ1v) is 5.88. The topological polar surface area (TPSA) is 38.0 Å². The highest BCUT2D eigenvalue weighted by Crippen LogP contribution is 2.25. The summed E-state index contributed by atoms with van der Waals surface area (Å²) in [6.07, 6.45) is -0.512. The van der Waals surface area contributed by atoms with E-state index in [4.69, 9.17) is 11.6 Å². The van der Waals surface area contributed by atoms with Gasteiger partial charge in [-0.2, -0.15) is 5.10 Å². The third-order valence-corrected chi connectivity index (χ3v) is 2.99. The molecule has 4 heteroatoms. The lowest BCUT2D eigenvalue weighted by Gasteiger charge is -2.10. The van der Waals surface area contributed by atoms with Crippen molar-refractivity contribution < 1.29 is 5.11 Å². The number of aliphatic hydroxyl groups is 1. The highest BCUT2D eigenvalue weighted by Gasteiger charge is 2.10. The summed E-state index contributed by atoms with van der Waals surface area (Å²) < 4.78 is 1.81. The SMILES string of the molecule is Cc1cc(C)n(-c2ccc(C(C)O)cc2Cl)n1. The van der Waals surface area contributed by atoms with E-state index in [-0.39, 0.29) is 0 Å². The molecule has 0 fully saturated rings. The van der Waals surface area contributed by atoms with Crippen LogP contribution in [0.5, 0.6) is 0 Å². The van der Waals surface area contributed by atoms with Crippen molar-refractivity contribution in [2.45, 2.75) is 26.9 Å². The van der Waals surface area contributed by atoms with Crippen molar-refractivity contribution in [3.05, 3.63) is 46.2 Å². The Kier molecular flexibility index (Phi) is 3.22. The fourth-order valence-electron chi connectivity index (χ4n) is 1.83. The summed E-state index contributed by atoms with van der Waals surface area (Å²) in [7, 11) is 0. The van der Waals surface area contributed by atoms with E-state index in [1.54, 1.807) is 13.0 Å². The molecule has 1 aromatic heterocycles. The molecular weight excluding hydrogens is 236 g/mol. The molecule has 3 nitrogen and oxygen atoms in total. The van der Waals surface area contributed by atoms with E-state index in [1.165, 1.54) is 0 Å². The standard InChI is InChI=1S/C13H15ClN2O/c1-8-6-9(2)16(15-8)13-5-4-11(10(3)17)7-12(13)14/h4-7,10,17H,1-3H3. The molecule has 0 aliphatic heterocycles. The van der Waals surface area contributed by atoms with Crippen LogP contribution >= 0.6 is 11.6 Å². The molecule has 90 valence electrons. The maximum Gasteiger partial charge on any atom is 0.0835 e. The third-order valence-electron chi connectivity index (χ3n) is 2.69. The summed E-state index contributed by atoms with van der Waals surface area (Å²) in [6.45, 7) is 5.65. The second-order valence-electron chi connectivity index (χ2n) is 4.23. The van der Waals surface area contributed by atoms with Gasteiger partial charge in [0.15, 0.2) is 0 Å². The summed E-state index contributed by atoms with van der Waals surface area (Å²) in [5, 5.41) is 14.5. The Balaban J connectivity index is 2.50. The molecule has 0 radical (unpaired) electrons. The largest absolute Gasteiger partial charge is 0.389 e. The fourth-order valence-corrected chi connectivity index (χ4v) is 2.10. The van der Waals surface area contributed by atoms with Crippen molar-refractivity contribution >= 4 is 11.6 Å². The van der Waals surface area contributed by atoms with Gasteiger partial charge in [0, 0.05) is 5.69 Å². The maximum absolute atomic E-state index is 9.49. The van der Waals surface area contributed by atoms with Gasteiger partial charge in [0.05, 0.1) is 22.5 Å². The van der Waals surface area contributed by atoms with E-state index in [0.717, 1.165) is 22.6 Å². The molecule has 0 spiro atoms. The lowest BCUT2D eigenvalue weighted by Crippen LogP contribution is -2.01. The van der Waals surface area contributed by atoms with E-state index >= 15 is 0 Å². The van der Waals surface area contributed by atoms with Gasteiger partial charge < -0.3 is 5.11 Å². The van der Waals surface area contributed by atoms with Crippen LogP contribution in [0.4, 0.5) is 0 Å². The van der Waals surface area contributed by atoms with Gasteiger partial charge in [-0.05, 0) is 44.5 Å². The van der Waals surface area contributed by atoms with Crippen LogP contribution in [0.15, 0.2) is 24.3 Å². The second-order valence-corrected chi connectivity index (χ2v) is 4.63.